The summed E-state index contributed by atoms with van der Waals surface area (Å²) in [5.74, 6) is 0. The van der Waals surface area contributed by atoms with E-state index in [1.54, 1.807) is 26.0 Å². The zero-order valence-electron chi connectivity index (χ0n) is 9.73. The molecule has 0 radical (unpaired) electrons. The van der Waals surface area contributed by atoms with Gasteiger partial charge in [0, 0.05) is 6.07 Å². The highest BCUT2D eigenvalue weighted by molar-refractivity contribution is 5.77. The number of nitrogens with two attached hydrogens (primary N) is 1. The number of allylic oxidation sites excluding steroid dienone is 1. The van der Waals surface area contributed by atoms with Crippen molar-refractivity contribution in [2.45, 2.75) is 20.3 Å². The zero-order chi connectivity index (χ0) is 13.0. The summed E-state index contributed by atoms with van der Waals surface area (Å²) >= 11 is 0. The fourth-order valence-corrected chi connectivity index (χ4v) is 1.64. The third kappa shape index (κ3) is 2.42. The van der Waals surface area contributed by atoms with Crippen molar-refractivity contribution >= 4 is 11.4 Å². The average Bonchev–Trinajstić information content (AvgIpc) is 2.29. The lowest BCUT2D eigenvalue weighted by atomic mass is 9.99. The average molecular weight is 231 g/mol. The number of nitro benzene ring substituents is 1. The van der Waals surface area contributed by atoms with Crippen LogP contribution in [0.1, 0.15) is 24.5 Å². The van der Waals surface area contributed by atoms with E-state index in [1.807, 2.05) is 6.07 Å². The second-order valence-corrected chi connectivity index (χ2v) is 3.58. The topological polar surface area (TPSA) is 93.0 Å². The van der Waals surface area contributed by atoms with Crippen LogP contribution in [0, 0.1) is 28.4 Å². The number of nitro groups is 1. The van der Waals surface area contributed by atoms with Crippen LogP contribution in [0.3, 0.4) is 0 Å². The first-order chi connectivity index (χ1) is 8.02. The van der Waals surface area contributed by atoms with Crippen molar-refractivity contribution in [1.29, 1.82) is 5.26 Å². The molecule has 0 saturated heterocycles. The fraction of sp³-hybridized carbons (Fsp3) is 0.250. The van der Waals surface area contributed by atoms with Crippen molar-refractivity contribution in [3.63, 3.8) is 0 Å². The number of nitrogens with zero attached hydrogens (tertiary/aromatic N) is 2. The molecule has 5 heteroatoms. The van der Waals surface area contributed by atoms with Crippen molar-refractivity contribution in [2.75, 3.05) is 0 Å². The molecule has 1 rings (SSSR count). The Bertz CT molecular complexity index is 527. The highest BCUT2D eigenvalue weighted by atomic mass is 16.6. The lowest BCUT2D eigenvalue weighted by molar-refractivity contribution is -0.385. The summed E-state index contributed by atoms with van der Waals surface area (Å²) in [4.78, 5) is 10.4. The number of hydrogen-bond acceptors (Lipinski definition) is 4. The van der Waals surface area contributed by atoms with Gasteiger partial charge in [0.15, 0.2) is 0 Å². The molecule has 1 aromatic rings. The Morgan fingerprint density at radius 1 is 1.59 bits per heavy atom. The quantitative estimate of drug-likeness (QED) is 0.491. The lowest BCUT2D eigenvalue weighted by Crippen LogP contribution is -2.06. The maximum Gasteiger partial charge on any atom is 0.278 e. The first-order valence-corrected chi connectivity index (χ1v) is 5.16. The second kappa shape index (κ2) is 5.12. The minimum atomic E-state index is -0.486. The molecule has 0 heterocycles. The summed E-state index contributed by atoms with van der Waals surface area (Å²) in [7, 11) is 0. The van der Waals surface area contributed by atoms with Crippen LogP contribution in [0.15, 0.2) is 23.8 Å². The molecular weight excluding hydrogens is 218 g/mol. The highest BCUT2D eigenvalue weighted by Gasteiger charge is 2.19. The van der Waals surface area contributed by atoms with Crippen LogP contribution in [-0.4, -0.2) is 4.92 Å². The Morgan fingerprint density at radius 2 is 2.24 bits per heavy atom. The van der Waals surface area contributed by atoms with Crippen LogP contribution in [-0.2, 0) is 0 Å². The van der Waals surface area contributed by atoms with Gasteiger partial charge in [0.1, 0.15) is 0 Å². The van der Waals surface area contributed by atoms with Crippen molar-refractivity contribution in [1.82, 2.24) is 0 Å². The van der Waals surface area contributed by atoms with Gasteiger partial charge >= 0.3 is 0 Å². The summed E-state index contributed by atoms with van der Waals surface area (Å²) in [5.41, 5.74) is 7.38. The summed E-state index contributed by atoms with van der Waals surface area (Å²) in [6.07, 6.45) is 0.452. The van der Waals surface area contributed by atoms with Gasteiger partial charge in [-0.25, -0.2) is 0 Å². The Hall–Kier alpha value is -2.35. The van der Waals surface area contributed by atoms with E-state index in [-0.39, 0.29) is 11.4 Å². The van der Waals surface area contributed by atoms with Gasteiger partial charge in [0.25, 0.3) is 5.69 Å². The molecule has 0 aliphatic rings. The van der Waals surface area contributed by atoms with Crippen LogP contribution in [0.4, 0.5) is 5.69 Å². The fourth-order valence-electron chi connectivity index (χ4n) is 1.64. The molecule has 17 heavy (non-hydrogen) atoms. The lowest BCUT2D eigenvalue weighted by Gasteiger charge is -2.08. The minimum absolute atomic E-state index is 0.0660. The van der Waals surface area contributed by atoms with Crippen LogP contribution in [0.5, 0.6) is 0 Å². The summed E-state index contributed by atoms with van der Waals surface area (Å²) in [5, 5.41) is 19.8. The van der Waals surface area contributed by atoms with Crippen LogP contribution in [0.25, 0.3) is 5.70 Å². The standard InChI is InChI=1S/C12H13N3O2/c1-3-9(7-13)12(14)11-8(2)5-4-6-10(11)15(16)17/h4-6H,3,14H2,1-2H3/b12-9-. The molecule has 0 bridgehead atoms. The maximum absolute atomic E-state index is 10.9. The van der Waals surface area contributed by atoms with Crippen LogP contribution in [0.2, 0.25) is 0 Å². The number of rotatable bonds is 3. The number of nitriles is 1. The van der Waals surface area contributed by atoms with Gasteiger partial charge in [0.05, 0.1) is 27.8 Å². The molecule has 0 aliphatic carbocycles. The predicted octanol–water partition coefficient (Wildman–Crippen LogP) is 2.51. The summed E-state index contributed by atoms with van der Waals surface area (Å²) < 4.78 is 0. The van der Waals surface area contributed by atoms with Gasteiger partial charge in [-0.2, -0.15) is 5.26 Å². The van der Waals surface area contributed by atoms with Gasteiger partial charge in [-0.05, 0) is 18.9 Å². The monoisotopic (exact) mass is 231 g/mol. The normalized spacial score (nSPS) is 11.6. The Kier molecular flexibility index (Phi) is 3.83. The van der Waals surface area contributed by atoms with Crippen molar-refractivity contribution in [3.05, 3.63) is 45.0 Å². The SMILES string of the molecule is CC/C(C#N)=C(/N)c1c(C)cccc1[N+](=O)[O-]. The van der Waals surface area contributed by atoms with Gasteiger partial charge in [-0.15, -0.1) is 0 Å². The van der Waals surface area contributed by atoms with E-state index in [0.717, 1.165) is 0 Å². The number of hydrogen-bond donors (Lipinski definition) is 1. The smallest absolute Gasteiger partial charge is 0.278 e. The van der Waals surface area contributed by atoms with E-state index in [4.69, 9.17) is 11.0 Å². The van der Waals surface area contributed by atoms with Gasteiger partial charge in [-0.3, -0.25) is 10.1 Å². The third-order valence-electron chi connectivity index (χ3n) is 2.53. The molecule has 0 spiro atoms. The van der Waals surface area contributed by atoms with E-state index in [2.05, 4.69) is 0 Å². The molecular formula is C12H13N3O2. The molecule has 1 aromatic carbocycles. The number of benzene rings is 1. The maximum atomic E-state index is 10.9. The van der Waals surface area contributed by atoms with Gasteiger partial charge in [-0.1, -0.05) is 19.1 Å². The number of aryl methyl sites for hydroxylation is 1. The van der Waals surface area contributed by atoms with E-state index in [1.165, 1.54) is 6.07 Å². The Balaban J connectivity index is 3.56. The predicted molar refractivity (Wildman–Crippen MR) is 64.8 cm³/mol. The summed E-state index contributed by atoms with van der Waals surface area (Å²) in [6, 6.07) is 6.70. The first kappa shape index (κ1) is 12.7. The molecule has 0 amide bonds. The second-order valence-electron chi connectivity index (χ2n) is 3.58. The van der Waals surface area contributed by atoms with Crippen LogP contribution < -0.4 is 5.73 Å². The third-order valence-corrected chi connectivity index (χ3v) is 2.53. The van der Waals surface area contributed by atoms with E-state index in [9.17, 15) is 10.1 Å². The highest BCUT2D eigenvalue weighted by Crippen LogP contribution is 2.28. The molecule has 0 fully saturated rings. The molecule has 0 atom stereocenters. The van der Waals surface area contributed by atoms with Gasteiger partial charge in [0.2, 0.25) is 0 Å². The molecule has 0 aliphatic heterocycles. The molecule has 0 unspecified atom stereocenters. The van der Waals surface area contributed by atoms with E-state index < -0.39 is 4.92 Å². The molecule has 2 N–H and O–H groups in total. The molecule has 5 nitrogen and oxygen atoms in total. The first-order valence-electron chi connectivity index (χ1n) is 5.16. The molecule has 88 valence electrons. The Labute approximate surface area is 99.3 Å². The Morgan fingerprint density at radius 3 is 2.71 bits per heavy atom. The van der Waals surface area contributed by atoms with E-state index in [0.29, 0.717) is 23.1 Å². The van der Waals surface area contributed by atoms with Gasteiger partial charge < -0.3 is 5.73 Å². The van der Waals surface area contributed by atoms with E-state index >= 15 is 0 Å². The minimum Gasteiger partial charge on any atom is -0.397 e. The largest absolute Gasteiger partial charge is 0.397 e. The van der Waals surface area contributed by atoms with Crippen molar-refractivity contribution in [3.8, 4) is 6.07 Å². The summed E-state index contributed by atoms with van der Waals surface area (Å²) in [6.45, 7) is 3.52. The van der Waals surface area contributed by atoms with Crippen molar-refractivity contribution < 1.29 is 4.92 Å². The zero-order valence-corrected chi connectivity index (χ0v) is 9.73. The molecule has 0 aromatic heterocycles. The van der Waals surface area contributed by atoms with Crippen LogP contribution >= 0.6 is 0 Å². The van der Waals surface area contributed by atoms with Crippen molar-refractivity contribution in [2.24, 2.45) is 5.73 Å². The molecule has 0 saturated carbocycles.